The summed E-state index contributed by atoms with van der Waals surface area (Å²) in [4.78, 5) is 18.5. The molecule has 3 rings (SSSR count). The zero-order valence-corrected chi connectivity index (χ0v) is 15.9. The molecule has 1 saturated carbocycles. The zero-order chi connectivity index (χ0) is 18.5. The van der Waals surface area contributed by atoms with Gasteiger partial charge in [0, 0.05) is 31.6 Å². The molecule has 1 fully saturated rings. The molecule has 0 spiro atoms. The fourth-order valence-corrected chi connectivity index (χ4v) is 3.52. The van der Waals surface area contributed by atoms with Crippen molar-refractivity contribution in [3.8, 4) is 0 Å². The van der Waals surface area contributed by atoms with Gasteiger partial charge in [-0.05, 0) is 49.9 Å². The van der Waals surface area contributed by atoms with Crippen molar-refractivity contribution in [3.63, 3.8) is 0 Å². The largest absolute Gasteiger partial charge is 0.339 e. The minimum absolute atomic E-state index is 0.133. The average Bonchev–Trinajstić information content (AvgIpc) is 3.08. The van der Waals surface area contributed by atoms with Crippen LogP contribution in [-0.2, 0) is 6.42 Å². The summed E-state index contributed by atoms with van der Waals surface area (Å²) in [6.45, 7) is 4.58. The van der Waals surface area contributed by atoms with Crippen molar-refractivity contribution in [1.29, 1.82) is 0 Å². The second-order valence-electron chi connectivity index (χ2n) is 7.36. The van der Waals surface area contributed by atoms with Crippen molar-refractivity contribution in [3.05, 3.63) is 41.0 Å². The standard InChI is InChI=1S/C20H28N4O2/c1-14-11-15(2)13-17(12-14)21-20(25)24(3)10-9-18-22-19(26-23-18)16-7-5-4-6-8-16/h11-13,16H,4-10H2,1-3H3,(H,21,25). The van der Waals surface area contributed by atoms with E-state index in [2.05, 4.69) is 21.5 Å². The van der Waals surface area contributed by atoms with Gasteiger partial charge in [-0.15, -0.1) is 0 Å². The zero-order valence-electron chi connectivity index (χ0n) is 15.9. The van der Waals surface area contributed by atoms with Gasteiger partial charge in [0.1, 0.15) is 0 Å². The van der Waals surface area contributed by atoms with E-state index in [-0.39, 0.29) is 6.03 Å². The molecule has 0 atom stereocenters. The maximum absolute atomic E-state index is 12.4. The van der Waals surface area contributed by atoms with Gasteiger partial charge in [0.15, 0.2) is 5.82 Å². The minimum atomic E-state index is -0.133. The molecule has 0 radical (unpaired) electrons. The first kappa shape index (κ1) is 18.4. The Morgan fingerprint density at radius 3 is 2.58 bits per heavy atom. The molecule has 6 nitrogen and oxygen atoms in total. The van der Waals surface area contributed by atoms with E-state index < -0.39 is 0 Å². The number of aromatic nitrogens is 2. The summed E-state index contributed by atoms with van der Waals surface area (Å²) in [6, 6.07) is 5.88. The number of amides is 2. The molecule has 6 heteroatoms. The Balaban J connectivity index is 1.50. The van der Waals surface area contributed by atoms with E-state index in [1.54, 1.807) is 11.9 Å². The van der Waals surface area contributed by atoms with Gasteiger partial charge in [0.05, 0.1) is 0 Å². The van der Waals surface area contributed by atoms with Crippen LogP contribution in [0, 0.1) is 13.8 Å². The first-order valence-electron chi connectivity index (χ1n) is 9.44. The van der Waals surface area contributed by atoms with E-state index in [0.29, 0.717) is 24.7 Å². The second kappa shape index (κ2) is 8.34. The number of likely N-dealkylation sites (N-methyl/N-ethyl adjacent to an activating group) is 1. The van der Waals surface area contributed by atoms with E-state index in [1.165, 1.54) is 19.3 Å². The molecule has 2 amide bonds. The average molecular weight is 356 g/mol. The third-order valence-corrected chi connectivity index (χ3v) is 4.93. The highest BCUT2D eigenvalue weighted by Crippen LogP contribution is 2.31. The molecule has 2 aromatic rings. The van der Waals surface area contributed by atoms with Crippen LogP contribution in [0.4, 0.5) is 10.5 Å². The number of nitrogens with zero attached hydrogens (tertiary/aromatic N) is 3. The normalized spacial score (nSPS) is 15.0. The van der Waals surface area contributed by atoms with Gasteiger partial charge in [-0.25, -0.2) is 4.79 Å². The van der Waals surface area contributed by atoms with E-state index in [4.69, 9.17) is 4.52 Å². The molecule has 1 aliphatic rings. The fraction of sp³-hybridized carbons (Fsp3) is 0.550. The lowest BCUT2D eigenvalue weighted by atomic mass is 9.89. The lowest BCUT2D eigenvalue weighted by Gasteiger charge is -2.18. The van der Waals surface area contributed by atoms with E-state index in [9.17, 15) is 4.79 Å². The molecule has 0 unspecified atom stereocenters. The topological polar surface area (TPSA) is 71.3 Å². The van der Waals surface area contributed by atoms with Crippen molar-refractivity contribution in [2.75, 3.05) is 18.9 Å². The van der Waals surface area contributed by atoms with E-state index in [1.807, 2.05) is 26.0 Å². The Morgan fingerprint density at radius 2 is 1.88 bits per heavy atom. The van der Waals surface area contributed by atoms with E-state index in [0.717, 1.165) is 35.5 Å². The lowest BCUT2D eigenvalue weighted by Crippen LogP contribution is -2.33. The molecule has 1 aliphatic carbocycles. The molecular weight excluding hydrogens is 328 g/mol. The minimum Gasteiger partial charge on any atom is -0.339 e. The molecule has 140 valence electrons. The maximum Gasteiger partial charge on any atom is 0.321 e. The van der Waals surface area contributed by atoms with Crippen LogP contribution in [0.15, 0.2) is 22.7 Å². The molecule has 1 aromatic carbocycles. The van der Waals surface area contributed by atoms with Gasteiger partial charge in [-0.1, -0.05) is 30.5 Å². The van der Waals surface area contributed by atoms with Crippen LogP contribution in [0.25, 0.3) is 0 Å². The Bertz CT molecular complexity index is 730. The first-order valence-corrected chi connectivity index (χ1v) is 9.44. The Kier molecular flexibility index (Phi) is 5.91. The Hall–Kier alpha value is -2.37. The molecule has 1 heterocycles. The van der Waals surface area contributed by atoms with Crippen LogP contribution in [0.3, 0.4) is 0 Å². The third-order valence-electron chi connectivity index (χ3n) is 4.93. The highest BCUT2D eigenvalue weighted by atomic mass is 16.5. The summed E-state index contributed by atoms with van der Waals surface area (Å²) in [5, 5.41) is 7.02. The molecule has 0 saturated heterocycles. The highest BCUT2D eigenvalue weighted by molar-refractivity contribution is 5.89. The number of carbonyl (C=O) groups is 1. The van der Waals surface area contributed by atoms with Crippen LogP contribution in [0.2, 0.25) is 0 Å². The van der Waals surface area contributed by atoms with Crippen molar-refractivity contribution in [2.45, 2.75) is 58.3 Å². The van der Waals surface area contributed by atoms with Gasteiger partial charge in [0.2, 0.25) is 5.89 Å². The van der Waals surface area contributed by atoms with Crippen LogP contribution in [0.1, 0.15) is 60.9 Å². The number of hydrogen-bond donors (Lipinski definition) is 1. The van der Waals surface area contributed by atoms with Crippen LogP contribution < -0.4 is 5.32 Å². The van der Waals surface area contributed by atoms with Crippen molar-refractivity contribution < 1.29 is 9.32 Å². The number of aryl methyl sites for hydroxylation is 2. The Labute approximate surface area is 155 Å². The highest BCUT2D eigenvalue weighted by Gasteiger charge is 2.21. The summed E-state index contributed by atoms with van der Waals surface area (Å²) < 4.78 is 5.44. The quantitative estimate of drug-likeness (QED) is 0.859. The SMILES string of the molecule is Cc1cc(C)cc(NC(=O)N(C)CCc2noc(C3CCCCC3)n2)c1. The van der Waals surface area contributed by atoms with Crippen molar-refractivity contribution >= 4 is 11.7 Å². The number of anilines is 1. The predicted octanol–water partition coefficient (Wildman–Crippen LogP) is 4.44. The first-order chi connectivity index (χ1) is 12.5. The van der Waals surface area contributed by atoms with Gasteiger partial charge in [-0.2, -0.15) is 4.98 Å². The van der Waals surface area contributed by atoms with Gasteiger partial charge < -0.3 is 14.7 Å². The van der Waals surface area contributed by atoms with Gasteiger partial charge in [0.25, 0.3) is 0 Å². The maximum atomic E-state index is 12.4. The Morgan fingerprint density at radius 1 is 1.19 bits per heavy atom. The second-order valence-corrected chi connectivity index (χ2v) is 7.36. The van der Waals surface area contributed by atoms with Crippen molar-refractivity contribution in [1.82, 2.24) is 15.0 Å². The molecule has 1 N–H and O–H groups in total. The molecule has 26 heavy (non-hydrogen) atoms. The number of urea groups is 1. The van der Waals surface area contributed by atoms with Gasteiger partial charge in [-0.3, -0.25) is 0 Å². The summed E-state index contributed by atoms with van der Waals surface area (Å²) in [5.74, 6) is 1.86. The van der Waals surface area contributed by atoms with E-state index >= 15 is 0 Å². The molecule has 0 bridgehead atoms. The fourth-order valence-electron chi connectivity index (χ4n) is 3.52. The van der Waals surface area contributed by atoms with Crippen LogP contribution >= 0.6 is 0 Å². The number of benzene rings is 1. The number of carbonyl (C=O) groups excluding carboxylic acids is 1. The number of nitrogens with one attached hydrogen (secondary N) is 1. The smallest absolute Gasteiger partial charge is 0.321 e. The summed E-state index contributed by atoms with van der Waals surface area (Å²) in [7, 11) is 1.78. The number of hydrogen-bond acceptors (Lipinski definition) is 4. The number of rotatable bonds is 5. The monoisotopic (exact) mass is 356 g/mol. The van der Waals surface area contributed by atoms with Crippen molar-refractivity contribution in [2.24, 2.45) is 0 Å². The predicted molar refractivity (Wildman–Crippen MR) is 101 cm³/mol. The summed E-state index contributed by atoms with van der Waals surface area (Å²) >= 11 is 0. The van der Waals surface area contributed by atoms with Gasteiger partial charge >= 0.3 is 6.03 Å². The molecule has 0 aliphatic heterocycles. The third kappa shape index (κ3) is 4.84. The molecular formula is C20H28N4O2. The summed E-state index contributed by atoms with van der Waals surface area (Å²) in [6.07, 6.45) is 6.65. The summed E-state index contributed by atoms with van der Waals surface area (Å²) in [5.41, 5.74) is 3.08. The lowest BCUT2D eigenvalue weighted by molar-refractivity contribution is 0.222. The molecule has 1 aromatic heterocycles. The van der Waals surface area contributed by atoms with Crippen LogP contribution in [-0.4, -0.2) is 34.7 Å². The van der Waals surface area contributed by atoms with Crippen LogP contribution in [0.5, 0.6) is 0 Å².